The van der Waals surface area contributed by atoms with Gasteiger partial charge in [0.1, 0.15) is 0 Å². The van der Waals surface area contributed by atoms with E-state index in [1.54, 1.807) is 0 Å². The van der Waals surface area contributed by atoms with Gasteiger partial charge in [-0.2, -0.15) is 0 Å². The molecule has 3 aromatic rings. The van der Waals surface area contributed by atoms with Gasteiger partial charge in [-0.3, -0.25) is 4.79 Å². The maximum Gasteiger partial charge on any atom is 0.255 e. The Morgan fingerprint density at radius 3 is 2.44 bits per heavy atom. The number of hydrogen-bond donors (Lipinski definition) is 1. The highest BCUT2D eigenvalue weighted by Gasteiger charge is 2.11. The van der Waals surface area contributed by atoms with Crippen molar-refractivity contribution in [2.75, 3.05) is 5.32 Å². The monoisotopic (exact) mass is 325 g/mol. The Hall–Kier alpha value is -3.13. The van der Waals surface area contributed by atoms with Crippen LogP contribution in [-0.2, 0) is 6.42 Å². The normalized spacial score (nSPS) is 12.5. The molecule has 0 fully saturated rings. The lowest BCUT2D eigenvalue weighted by Crippen LogP contribution is -2.11. The summed E-state index contributed by atoms with van der Waals surface area (Å²) in [6.45, 7) is 0. The van der Waals surface area contributed by atoms with Crippen molar-refractivity contribution in [3.8, 4) is 11.1 Å². The predicted octanol–water partition coefficient (Wildman–Crippen LogP) is 5.57. The summed E-state index contributed by atoms with van der Waals surface area (Å²) in [6.07, 6.45) is 6.67. The predicted molar refractivity (Wildman–Crippen MR) is 104 cm³/mol. The van der Waals surface area contributed by atoms with Crippen molar-refractivity contribution in [1.82, 2.24) is 0 Å². The molecule has 0 saturated heterocycles. The lowest BCUT2D eigenvalue weighted by atomic mass is 9.90. The molecular weight excluding hydrogens is 306 g/mol. The molecule has 1 aliphatic rings. The van der Waals surface area contributed by atoms with Crippen LogP contribution >= 0.6 is 0 Å². The van der Waals surface area contributed by atoms with E-state index in [1.165, 1.54) is 22.3 Å². The number of aryl methyl sites for hydroxylation is 1. The van der Waals surface area contributed by atoms with Crippen LogP contribution in [0.3, 0.4) is 0 Å². The third-order valence-corrected chi connectivity index (χ3v) is 4.55. The summed E-state index contributed by atoms with van der Waals surface area (Å²) in [5.41, 5.74) is 6.60. The van der Waals surface area contributed by atoms with Crippen LogP contribution in [-0.4, -0.2) is 5.91 Å². The van der Waals surface area contributed by atoms with Crippen LogP contribution in [0, 0.1) is 0 Å². The first-order valence-electron chi connectivity index (χ1n) is 8.56. The number of allylic oxidation sites excluding steroid dienone is 1. The van der Waals surface area contributed by atoms with Crippen molar-refractivity contribution in [2.24, 2.45) is 0 Å². The maximum absolute atomic E-state index is 12.2. The summed E-state index contributed by atoms with van der Waals surface area (Å²) < 4.78 is 0. The molecule has 1 N–H and O–H groups in total. The van der Waals surface area contributed by atoms with E-state index < -0.39 is 0 Å². The minimum atomic E-state index is -0.0895. The van der Waals surface area contributed by atoms with Crippen molar-refractivity contribution in [3.63, 3.8) is 0 Å². The highest BCUT2D eigenvalue weighted by Crippen LogP contribution is 2.31. The molecule has 122 valence electrons. The zero-order valence-corrected chi connectivity index (χ0v) is 13.9. The standard InChI is InChI=1S/C23H19NO/c25-23(19-8-2-1-3-9-19)24-20-15-13-18(14-16-20)22-12-6-10-17-7-4-5-11-21(17)22/h1-3,5-6,8-16H,4,7H2,(H,24,25). The number of carbonyl (C=O) groups excluding carboxylic acids is 1. The molecule has 0 heterocycles. The second kappa shape index (κ2) is 6.78. The van der Waals surface area contributed by atoms with Crippen LogP contribution < -0.4 is 5.32 Å². The molecule has 2 heteroatoms. The first-order chi connectivity index (χ1) is 12.3. The van der Waals surface area contributed by atoms with E-state index in [0.29, 0.717) is 5.56 Å². The smallest absolute Gasteiger partial charge is 0.255 e. The molecule has 25 heavy (non-hydrogen) atoms. The van der Waals surface area contributed by atoms with Crippen LogP contribution in [0.5, 0.6) is 0 Å². The Morgan fingerprint density at radius 1 is 0.840 bits per heavy atom. The molecule has 0 unspecified atom stereocenters. The SMILES string of the molecule is O=C(Nc1ccc(-c2cccc3c2C=CCC3)cc1)c1ccccc1. The number of hydrogen-bond acceptors (Lipinski definition) is 1. The van der Waals surface area contributed by atoms with Gasteiger partial charge in [0.25, 0.3) is 5.91 Å². The zero-order valence-electron chi connectivity index (χ0n) is 13.9. The Labute approximate surface area is 147 Å². The summed E-state index contributed by atoms with van der Waals surface area (Å²) in [7, 11) is 0. The average molecular weight is 325 g/mol. The molecule has 0 saturated carbocycles. The second-order valence-electron chi connectivity index (χ2n) is 6.22. The van der Waals surface area contributed by atoms with E-state index >= 15 is 0 Å². The van der Waals surface area contributed by atoms with Crippen LogP contribution in [0.25, 0.3) is 17.2 Å². The van der Waals surface area contributed by atoms with Crippen molar-refractivity contribution < 1.29 is 4.79 Å². The molecule has 1 aliphatic carbocycles. The van der Waals surface area contributed by atoms with Crippen LogP contribution in [0.1, 0.15) is 27.9 Å². The van der Waals surface area contributed by atoms with Gasteiger partial charge in [-0.25, -0.2) is 0 Å². The largest absolute Gasteiger partial charge is 0.322 e. The molecule has 0 radical (unpaired) electrons. The minimum absolute atomic E-state index is 0.0895. The fraction of sp³-hybridized carbons (Fsp3) is 0.0870. The molecule has 0 aromatic heterocycles. The van der Waals surface area contributed by atoms with Gasteiger partial charge in [-0.15, -0.1) is 0 Å². The highest BCUT2D eigenvalue weighted by atomic mass is 16.1. The van der Waals surface area contributed by atoms with Crippen molar-refractivity contribution in [2.45, 2.75) is 12.8 Å². The zero-order chi connectivity index (χ0) is 17.1. The summed E-state index contributed by atoms with van der Waals surface area (Å²) >= 11 is 0. The van der Waals surface area contributed by atoms with E-state index in [4.69, 9.17) is 0 Å². The summed E-state index contributed by atoms with van der Waals surface area (Å²) in [5, 5.41) is 2.95. The molecular formula is C23H19NO. The summed E-state index contributed by atoms with van der Waals surface area (Å²) in [5.74, 6) is -0.0895. The number of fused-ring (bicyclic) bond motifs is 1. The Balaban J connectivity index is 1.57. The van der Waals surface area contributed by atoms with E-state index in [2.05, 4.69) is 47.8 Å². The third kappa shape index (κ3) is 3.24. The maximum atomic E-state index is 12.2. The molecule has 4 rings (SSSR count). The quantitative estimate of drug-likeness (QED) is 0.670. The molecule has 1 amide bonds. The molecule has 2 nitrogen and oxygen atoms in total. The highest BCUT2D eigenvalue weighted by molar-refractivity contribution is 6.04. The van der Waals surface area contributed by atoms with Gasteiger partial charge < -0.3 is 5.32 Å². The minimum Gasteiger partial charge on any atom is -0.322 e. The van der Waals surface area contributed by atoms with E-state index in [1.807, 2.05) is 42.5 Å². The number of carbonyl (C=O) groups is 1. The Kier molecular flexibility index (Phi) is 4.17. The Morgan fingerprint density at radius 2 is 1.64 bits per heavy atom. The van der Waals surface area contributed by atoms with Crippen molar-refractivity contribution in [3.05, 3.63) is 95.6 Å². The van der Waals surface area contributed by atoms with Crippen LogP contribution in [0.4, 0.5) is 5.69 Å². The van der Waals surface area contributed by atoms with Crippen molar-refractivity contribution in [1.29, 1.82) is 0 Å². The molecule has 3 aromatic carbocycles. The van der Waals surface area contributed by atoms with E-state index in [-0.39, 0.29) is 5.91 Å². The topological polar surface area (TPSA) is 29.1 Å². The number of benzene rings is 3. The van der Waals surface area contributed by atoms with E-state index in [9.17, 15) is 4.79 Å². The number of nitrogens with one attached hydrogen (secondary N) is 1. The number of amides is 1. The first-order valence-corrected chi connectivity index (χ1v) is 8.56. The van der Waals surface area contributed by atoms with Crippen LogP contribution in [0.2, 0.25) is 0 Å². The molecule has 0 bridgehead atoms. The van der Waals surface area contributed by atoms with Crippen molar-refractivity contribution >= 4 is 17.7 Å². The van der Waals surface area contributed by atoms with Gasteiger partial charge in [0.15, 0.2) is 0 Å². The number of anilines is 1. The number of rotatable bonds is 3. The van der Waals surface area contributed by atoms with Crippen LogP contribution in [0.15, 0.2) is 78.9 Å². The van der Waals surface area contributed by atoms with Gasteiger partial charge in [-0.1, -0.05) is 60.7 Å². The summed E-state index contributed by atoms with van der Waals surface area (Å²) in [6, 6.07) is 23.8. The third-order valence-electron chi connectivity index (χ3n) is 4.55. The molecule has 0 aliphatic heterocycles. The van der Waals surface area contributed by atoms with Gasteiger partial charge in [0.2, 0.25) is 0 Å². The molecule has 0 spiro atoms. The lowest BCUT2D eigenvalue weighted by Gasteiger charge is -2.15. The lowest BCUT2D eigenvalue weighted by molar-refractivity contribution is 0.102. The first kappa shape index (κ1) is 15.4. The molecule has 0 atom stereocenters. The summed E-state index contributed by atoms with van der Waals surface area (Å²) in [4.78, 5) is 12.2. The van der Waals surface area contributed by atoms with E-state index in [0.717, 1.165) is 18.5 Å². The average Bonchev–Trinajstić information content (AvgIpc) is 2.69. The van der Waals surface area contributed by atoms with Gasteiger partial charge in [0.05, 0.1) is 0 Å². The fourth-order valence-corrected chi connectivity index (χ4v) is 3.25. The van der Waals surface area contributed by atoms with Gasteiger partial charge >= 0.3 is 0 Å². The Bertz CT molecular complexity index is 924. The second-order valence-corrected chi connectivity index (χ2v) is 6.22. The van der Waals surface area contributed by atoms with Gasteiger partial charge in [-0.05, 0) is 59.4 Å². The fourth-order valence-electron chi connectivity index (χ4n) is 3.25. The van der Waals surface area contributed by atoms with Gasteiger partial charge in [0, 0.05) is 11.3 Å².